The normalized spacial score (nSPS) is 16.4. The molecule has 5 heteroatoms. The van der Waals surface area contributed by atoms with Gasteiger partial charge in [0.15, 0.2) is 0 Å². The summed E-state index contributed by atoms with van der Waals surface area (Å²) >= 11 is 0. The molecule has 1 radical (unpaired) electrons. The van der Waals surface area contributed by atoms with Crippen LogP contribution in [0.2, 0.25) is 0 Å². The van der Waals surface area contributed by atoms with E-state index >= 15 is 0 Å². The van der Waals surface area contributed by atoms with Gasteiger partial charge in [0, 0.05) is 39.3 Å². The molecule has 0 aromatic rings. The van der Waals surface area contributed by atoms with Crippen LogP contribution < -0.4 is 0 Å². The maximum atomic E-state index is 9.61. The van der Waals surface area contributed by atoms with Gasteiger partial charge < -0.3 is 10.2 Å². The Morgan fingerprint density at radius 2 is 0.826 bits per heavy atom. The van der Waals surface area contributed by atoms with Gasteiger partial charge >= 0.3 is 0 Å². The van der Waals surface area contributed by atoms with Gasteiger partial charge in [-0.3, -0.25) is 9.98 Å². The Kier molecular flexibility index (Phi) is 9.13. The minimum Gasteiger partial charge on any atom is -0.512 e. The molecule has 4 nitrogen and oxygen atoms in total. The third-order valence-electron chi connectivity index (χ3n) is 4.56. The summed E-state index contributed by atoms with van der Waals surface area (Å²) in [4.78, 5) is 9.54. The van der Waals surface area contributed by atoms with Gasteiger partial charge in [0.25, 0.3) is 0 Å². The molecule has 0 bridgehead atoms. The van der Waals surface area contributed by atoms with E-state index in [9.17, 15) is 10.2 Å². The van der Waals surface area contributed by atoms with E-state index in [4.69, 9.17) is 9.98 Å². The topological polar surface area (TPSA) is 65.2 Å². The van der Waals surface area contributed by atoms with Gasteiger partial charge in [-0.15, -0.1) is 0 Å². The second-order valence-electron chi connectivity index (χ2n) is 6.93. The van der Waals surface area contributed by atoms with Crippen molar-refractivity contribution in [2.24, 2.45) is 9.98 Å². The van der Waals surface area contributed by atoms with Crippen LogP contribution in [0.15, 0.2) is 32.6 Å². The number of hydrogen-bond acceptors (Lipinski definition) is 4. The minimum atomic E-state index is -0.460. The summed E-state index contributed by atoms with van der Waals surface area (Å²) in [6, 6.07) is 0. The van der Waals surface area contributed by atoms with Gasteiger partial charge in [-0.2, -0.15) is 0 Å². The molecule has 0 rings (SSSR count). The van der Waals surface area contributed by atoms with Crippen LogP contribution in [0, 0.1) is 0 Å². The number of allylic oxidation sites excluding steroid dienone is 4. The van der Waals surface area contributed by atoms with Crippen LogP contribution in [0.4, 0.5) is 0 Å². The fourth-order valence-electron chi connectivity index (χ4n) is 1.80. The van der Waals surface area contributed by atoms with Crippen LogP contribution in [0.1, 0.15) is 69.2 Å². The van der Waals surface area contributed by atoms with Gasteiger partial charge in [0.1, 0.15) is 0 Å². The molecule has 0 saturated carbocycles. The third-order valence-corrected chi connectivity index (χ3v) is 4.56. The molecule has 135 valence electrons. The van der Waals surface area contributed by atoms with Gasteiger partial charge in [0.2, 0.25) is 0 Å². The Balaban J connectivity index is 0. The van der Waals surface area contributed by atoms with Crippen LogP contribution >= 0.6 is 0 Å². The summed E-state index contributed by atoms with van der Waals surface area (Å²) in [7, 11) is 0. The summed E-state index contributed by atoms with van der Waals surface area (Å²) < 4.78 is 0. The second kappa shape index (κ2) is 8.69. The fourth-order valence-corrected chi connectivity index (χ4v) is 1.80. The first-order chi connectivity index (χ1) is 9.73. The van der Waals surface area contributed by atoms with Crippen molar-refractivity contribution in [3.05, 3.63) is 22.7 Å². The van der Waals surface area contributed by atoms with E-state index in [1.165, 1.54) is 0 Å². The molecule has 0 fully saturated rings. The molecule has 0 aromatic heterocycles. The molecule has 0 aromatic carbocycles. The average Bonchev–Trinajstić information content (AvgIpc) is 2.34. The largest absolute Gasteiger partial charge is 0.512 e. The molecular weight excluding hydrogens is 335 g/mol. The van der Waals surface area contributed by atoms with E-state index in [0.29, 0.717) is 0 Å². The summed E-state index contributed by atoms with van der Waals surface area (Å²) in [6.45, 7) is 18.9. The summed E-state index contributed by atoms with van der Waals surface area (Å²) in [5.41, 5.74) is 2.25. The first-order valence-electron chi connectivity index (χ1n) is 7.59. The zero-order valence-corrected chi connectivity index (χ0v) is 17.2. The van der Waals surface area contributed by atoms with Crippen LogP contribution in [-0.2, 0) is 16.8 Å². The molecule has 0 atom stereocenters. The third kappa shape index (κ3) is 6.51. The molecule has 0 aliphatic rings. The first-order valence-corrected chi connectivity index (χ1v) is 7.59. The molecule has 0 unspecified atom stereocenters. The SMILES string of the molecule is CC(=NC(C)(C)C(C)(C)N=C(C)C(C)=C(C)O)C(C)=C(C)O.[Co]. The Morgan fingerprint density at radius 1 is 0.609 bits per heavy atom. The van der Waals surface area contributed by atoms with Crippen LogP contribution in [0.5, 0.6) is 0 Å². The van der Waals surface area contributed by atoms with Crippen molar-refractivity contribution in [3.8, 4) is 0 Å². The maximum Gasteiger partial charge on any atom is 0.0938 e. The summed E-state index contributed by atoms with van der Waals surface area (Å²) in [5.74, 6) is 0.563. The van der Waals surface area contributed by atoms with E-state index in [-0.39, 0.29) is 28.3 Å². The van der Waals surface area contributed by atoms with Crippen LogP contribution in [0.3, 0.4) is 0 Å². The molecule has 0 aliphatic heterocycles. The number of hydrogen-bond donors (Lipinski definition) is 2. The smallest absolute Gasteiger partial charge is 0.0938 e. The minimum absolute atomic E-state index is 0. The fraction of sp³-hybridized carbons (Fsp3) is 0.667. The Labute approximate surface area is 151 Å². The average molecular weight is 367 g/mol. The molecule has 2 N–H and O–H groups in total. The Morgan fingerprint density at radius 3 is 1.00 bits per heavy atom. The molecule has 0 saturated heterocycles. The zero-order chi connectivity index (χ0) is 17.9. The number of aliphatic hydroxyl groups excluding tert-OH is 2. The van der Waals surface area contributed by atoms with Gasteiger partial charge in [0.05, 0.1) is 22.6 Å². The van der Waals surface area contributed by atoms with Crippen molar-refractivity contribution in [2.45, 2.75) is 80.3 Å². The number of nitrogens with zero attached hydrogens (tertiary/aromatic N) is 2. The number of aliphatic hydroxyl groups is 2. The Bertz CT molecular complexity index is 495. The number of aliphatic imine (C=N–C) groups is 2. The van der Waals surface area contributed by atoms with E-state index in [1.807, 2.05) is 55.4 Å². The van der Waals surface area contributed by atoms with E-state index in [2.05, 4.69) is 0 Å². The van der Waals surface area contributed by atoms with E-state index < -0.39 is 11.1 Å². The summed E-state index contributed by atoms with van der Waals surface area (Å²) in [5, 5.41) is 19.2. The molecule has 0 heterocycles. The predicted octanol–water partition coefficient (Wildman–Crippen LogP) is 5.17. The molecule has 23 heavy (non-hydrogen) atoms. The van der Waals surface area contributed by atoms with Crippen molar-refractivity contribution < 1.29 is 27.0 Å². The van der Waals surface area contributed by atoms with Crippen molar-refractivity contribution in [3.63, 3.8) is 0 Å². The zero-order valence-electron chi connectivity index (χ0n) is 16.1. The molecule has 0 aliphatic carbocycles. The molecular formula is C18H32CoN2O2. The Hall–Kier alpha value is -1.07. The van der Waals surface area contributed by atoms with Crippen LogP contribution in [0.25, 0.3) is 0 Å². The number of rotatable bonds is 5. The molecule has 0 amide bonds. The second-order valence-corrected chi connectivity index (χ2v) is 6.93. The monoisotopic (exact) mass is 367 g/mol. The van der Waals surface area contributed by atoms with Crippen molar-refractivity contribution >= 4 is 11.4 Å². The van der Waals surface area contributed by atoms with Crippen molar-refractivity contribution in [2.75, 3.05) is 0 Å². The van der Waals surface area contributed by atoms with Crippen molar-refractivity contribution in [1.82, 2.24) is 0 Å². The molecule has 0 spiro atoms. The first kappa shape index (κ1) is 24.2. The van der Waals surface area contributed by atoms with Gasteiger partial charge in [-0.25, -0.2) is 0 Å². The van der Waals surface area contributed by atoms with Crippen LogP contribution in [-0.4, -0.2) is 32.7 Å². The quantitative estimate of drug-likeness (QED) is 0.520. The van der Waals surface area contributed by atoms with Gasteiger partial charge in [-0.05, 0) is 69.2 Å². The van der Waals surface area contributed by atoms with Gasteiger partial charge in [-0.1, -0.05) is 0 Å². The predicted molar refractivity (Wildman–Crippen MR) is 96.4 cm³/mol. The maximum absolute atomic E-state index is 9.61. The van der Waals surface area contributed by atoms with E-state index in [0.717, 1.165) is 22.6 Å². The van der Waals surface area contributed by atoms with Crippen molar-refractivity contribution in [1.29, 1.82) is 0 Å². The van der Waals surface area contributed by atoms with E-state index in [1.54, 1.807) is 13.8 Å². The summed E-state index contributed by atoms with van der Waals surface area (Å²) in [6.07, 6.45) is 0. The standard InChI is InChI=1S/C18H32N2O2.Co/c1-11(15(5)21)13(3)19-17(7,8)18(9,10)20-14(4)12(2)16(6)22;/h21-22H,1-10H3;.